The summed E-state index contributed by atoms with van der Waals surface area (Å²) in [5.74, 6) is 1.74. The summed E-state index contributed by atoms with van der Waals surface area (Å²) in [7, 11) is 1.55. The first kappa shape index (κ1) is 27.8. The van der Waals surface area contributed by atoms with Crippen molar-refractivity contribution in [3.63, 3.8) is 0 Å². The van der Waals surface area contributed by atoms with Crippen LogP contribution in [0.2, 0.25) is 0 Å². The second-order valence-corrected chi connectivity index (χ2v) is 16.1. The summed E-state index contributed by atoms with van der Waals surface area (Å²) < 4.78 is 5.56. The Labute approximate surface area is 235 Å². The summed E-state index contributed by atoms with van der Waals surface area (Å²) in [6.07, 6.45) is 10.7. The van der Waals surface area contributed by atoms with E-state index in [1.807, 2.05) is 0 Å². The van der Waals surface area contributed by atoms with Gasteiger partial charge in [0.05, 0.1) is 25.2 Å². The van der Waals surface area contributed by atoms with E-state index in [2.05, 4.69) is 39.7 Å². The number of hydrogen-bond acceptors (Lipinski definition) is 6. The largest absolute Gasteiger partial charge is 0.469 e. The molecule has 0 unspecified atom stereocenters. The monoisotopic (exact) mass is 540 g/mol. The third-order valence-electron chi connectivity index (χ3n) is 15.1. The van der Waals surface area contributed by atoms with Crippen LogP contribution in [-0.2, 0) is 14.3 Å². The van der Waals surface area contributed by atoms with E-state index in [0.717, 1.165) is 51.4 Å². The smallest absolute Gasteiger partial charge is 0.312 e. The lowest BCUT2D eigenvalue weighted by atomic mass is 9.32. The molecule has 6 nitrogen and oxygen atoms in total. The maximum absolute atomic E-state index is 13.7. The van der Waals surface area contributed by atoms with Gasteiger partial charge in [-0.25, -0.2) is 0 Å². The number of methoxy groups -OCH3 is 1. The minimum absolute atomic E-state index is 0.0563. The number of rotatable bonds is 3. The van der Waals surface area contributed by atoms with Crippen LogP contribution in [0.25, 0.3) is 0 Å². The predicted octanol–water partition coefficient (Wildman–Crippen LogP) is 6.79. The van der Waals surface area contributed by atoms with Crippen molar-refractivity contribution in [1.82, 2.24) is 0 Å². The Morgan fingerprint density at radius 1 is 0.795 bits per heavy atom. The lowest BCUT2D eigenvalue weighted by Gasteiger charge is -2.72. The Morgan fingerprint density at radius 3 is 2.18 bits per heavy atom. The molecule has 5 aliphatic carbocycles. The van der Waals surface area contributed by atoms with Gasteiger partial charge < -0.3 is 9.84 Å². The fraction of sp³-hybridized carbons (Fsp3) is 0.939. The van der Waals surface area contributed by atoms with Gasteiger partial charge >= 0.3 is 5.97 Å². The molecule has 1 aliphatic heterocycles. The second kappa shape index (κ2) is 8.61. The topological polar surface area (TPSA) is 88.3 Å². The number of ketones is 1. The van der Waals surface area contributed by atoms with Crippen molar-refractivity contribution in [2.75, 3.05) is 13.7 Å². The third kappa shape index (κ3) is 3.24. The fourth-order valence-electron chi connectivity index (χ4n) is 12.9. The molecule has 6 aliphatic rings. The zero-order chi connectivity index (χ0) is 28.2. The first-order valence-corrected chi connectivity index (χ1v) is 15.9. The van der Waals surface area contributed by atoms with Crippen LogP contribution in [0.15, 0.2) is 10.2 Å². The number of fused-ring (bicyclic) bond motifs is 7. The fourth-order valence-corrected chi connectivity index (χ4v) is 12.9. The van der Waals surface area contributed by atoms with Gasteiger partial charge in [-0.2, -0.15) is 10.2 Å². The van der Waals surface area contributed by atoms with Crippen LogP contribution < -0.4 is 0 Å². The molecule has 11 atom stereocenters. The number of hydrogen-bond donors (Lipinski definition) is 1. The zero-order valence-electron chi connectivity index (χ0n) is 25.5. The Hall–Kier alpha value is -1.30. The molecular weight excluding hydrogens is 488 g/mol. The molecule has 0 amide bonds. The molecule has 0 spiro atoms. The Kier molecular flexibility index (Phi) is 6.15. The lowest BCUT2D eigenvalue weighted by molar-refractivity contribution is -0.250. The third-order valence-corrected chi connectivity index (χ3v) is 15.1. The van der Waals surface area contributed by atoms with Gasteiger partial charge in [0.15, 0.2) is 5.78 Å². The highest BCUT2D eigenvalue weighted by atomic mass is 16.5. The number of esters is 1. The first-order chi connectivity index (χ1) is 18.2. The number of nitrogens with zero attached hydrogens (tertiary/aromatic N) is 2. The molecule has 1 heterocycles. The Bertz CT molecular complexity index is 1090. The van der Waals surface area contributed by atoms with Gasteiger partial charge in [-0.05, 0) is 122 Å². The first-order valence-electron chi connectivity index (χ1n) is 15.9. The van der Waals surface area contributed by atoms with Gasteiger partial charge in [0.2, 0.25) is 0 Å². The van der Waals surface area contributed by atoms with Crippen LogP contribution in [0.3, 0.4) is 0 Å². The molecule has 0 aromatic carbocycles. The van der Waals surface area contributed by atoms with Crippen LogP contribution in [0.4, 0.5) is 0 Å². The van der Waals surface area contributed by atoms with Crippen molar-refractivity contribution in [2.24, 2.45) is 66.9 Å². The van der Waals surface area contributed by atoms with Crippen LogP contribution >= 0.6 is 0 Å². The van der Waals surface area contributed by atoms with Crippen molar-refractivity contribution in [3.05, 3.63) is 0 Å². The molecule has 0 aromatic rings. The summed E-state index contributed by atoms with van der Waals surface area (Å²) in [5, 5.41) is 20.1. The summed E-state index contributed by atoms with van der Waals surface area (Å²) in [6, 6.07) is 0. The molecule has 1 N–H and O–H groups in total. The minimum atomic E-state index is -0.774. The SMILES string of the molecule is COC(=O)[C@]12CC[C@@H]([C@]3(C(C)=O)CCN=N3)[C@@H]1[C@H]1CC[C@@H]3[C@@]4(C)CC[C@H](O)C(C)(C)[C@@H]4CC[C@@]3(C)[C@]1(C)CC2. The van der Waals surface area contributed by atoms with Crippen molar-refractivity contribution >= 4 is 11.8 Å². The number of aliphatic hydroxyl groups is 1. The van der Waals surface area contributed by atoms with Gasteiger partial charge in [-0.15, -0.1) is 0 Å². The van der Waals surface area contributed by atoms with E-state index < -0.39 is 11.0 Å². The van der Waals surface area contributed by atoms with Gasteiger partial charge in [0.25, 0.3) is 0 Å². The van der Waals surface area contributed by atoms with E-state index in [1.165, 1.54) is 12.8 Å². The number of carbonyl (C=O) groups excluding carboxylic acids is 2. The van der Waals surface area contributed by atoms with Gasteiger partial charge in [-0.1, -0.05) is 34.6 Å². The molecule has 0 bridgehead atoms. The number of ether oxygens (including phenoxy) is 1. The van der Waals surface area contributed by atoms with E-state index >= 15 is 0 Å². The molecule has 0 aromatic heterocycles. The van der Waals surface area contributed by atoms with Gasteiger partial charge in [-0.3, -0.25) is 9.59 Å². The van der Waals surface area contributed by atoms with Crippen molar-refractivity contribution < 1.29 is 19.4 Å². The number of carbonyl (C=O) groups is 2. The lowest BCUT2D eigenvalue weighted by Crippen LogP contribution is -2.67. The molecule has 39 heavy (non-hydrogen) atoms. The molecular formula is C33H52N2O4. The normalized spacial score (nSPS) is 53.7. The zero-order valence-corrected chi connectivity index (χ0v) is 25.5. The van der Waals surface area contributed by atoms with E-state index in [0.29, 0.717) is 30.7 Å². The number of aliphatic hydroxyl groups excluding tert-OH is 1. The quantitative estimate of drug-likeness (QED) is 0.399. The Morgan fingerprint density at radius 2 is 1.54 bits per heavy atom. The summed E-state index contributed by atoms with van der Waals surface area (Å²) in [6.45, 7) is 14.6. The van der Waals surface area contributed by atoms with Gasteiger partial charge in [0.1, 0.15) is 5.54 Å². The van der Waals surface area contributed by atoms with E-state index in [4.69, 9.17) is 9.85 Å². The van der Waals surface area contributed by atoms with E-state index in [9.17, 15) is 14.7 Å². The molecule has 0 radical (unpaired) electrons. The minimum Gasteiger partial charge on any atom is -0.469 e. The number of Topliss-reactive ketones (excluding diaryl/α,β-unsaturated/α-hetero) is 1. The summed E-state index contributed by atoms with van der Waals surface area (Å²) >= 11 is 0. The van der Waals surface area contributed by atoms with Crippen LogP contribution in [0, 0.1) is 56.7 Å². The van der Waals surface area contributed by atoms with Crippen molar-refractivity contribution in [3.8, 4) is 0 Å². The Balaban J connectivity index is 1.44. The highest BCUT2D eigenvalue weighted by molar-refractivity contribution is 5.87. The van der Waals surface area contributed by atoms with Crippen molar-refractivity contribution in [1.29, 1.82) is 0 Å². The maximum atomic E-state index is 13.7. The maximum Gasteiger partial charge on any atom is 0.312 e. The molecule has 218 valence electrons. The van der Waals surface area contributed by atoms with E-state index in [1.54, 1.807) is 14.0 Å². The summed E-state index contributed by atoms with van der Waals surface area (Å²) in [5.41, 5.74) is -0.875. The standard InChI is InChI=1S/C33H52N2O4/c1-20(36)33(18-19-34-35-33)22-10-15-32(27(38)39-7)17-16-30(5)21(26(22)32)8-9-24-29(4)13-12-25(37)28(2,3)23(29)11-14-31(24,30)6/h21-26,37H,8-19H2,1-7H3/t21-,22-,23+,24-,25+,26+,29+,30-,31-,32+,33-/m1/s1. The molecule has 6 heteroatoms. The van der Waals surface area contributed by atoms with Crippen LogP contribution in [0.1, 0.15) is 112 Å². The van der Waals surface area contributed by atoms with Crippen molar-refractivity contribution in [2.45, 2.75) is 124 Å². The average molecular weight is 541 g/mol. The average Bonchev–Trinajstić information content (AvgIpc) is 3.53. The number of azo groups is 1. The molecule has 0 saturated heterocycles. The molecule has 6 rings (SSSR count). The van der Waals surface area contributed by atoms with E-state index in [-0.39, 0.29) is 51.4 Å². The predicted molar refractivity (Wildman–Crippen MR) is 150 cm³/mol. The van der Waals surface area contributed by atoms with Crippen LogP contribution in [-0.4, -0.2) is 42.2 Å². The molecule has 5 fully saturated rings. The molecule has 5 saturated carbocycles. The summed E-state index contributed by atoms with van der Waals surface area (Å²) in [4.78, 5) is 27.0. The van der Waals surface area contributed by atoms with Crippen LogP contribution in [0.5, 0.6) is 0 Å². The van der Waals surface area contributed by atoms with Gasteiger partial charge in [0, 0.05) is 6.42 Å². The highest BCUT2D eigenvalue weighted by Crippen LogP contribution is 2.78. The second-order valence-electron chi connectivity index (χ2n) is 16.1. The highest BCUT2D eigenvalue weighted by Gasteiger charge is 2.74.